The van der Waals surface area contributed by atoms with Gasteiger partial charge in [0.15, 0.2) is 23.8 Å². The number of unbranched alkanes of at least 4 members (excludes halogenated alkanes) is 4. The minimum Gasteiger partial charge on any atom is -0.297 e. The molecule has 0 aromatic carbocycles. The van der Waals surface area contributed by atoms with Gasteiger partial charge in [-0.3, -0.25) is 9.59 Å². The molecule has 2 unspecified atom stereocenters. The van der Waals surface area contributed by atoms with Crippen molar-refractivity contribution in [2.45, 2.75) is 91.3 Å². The van der Waals surface area contributed by atoms with E-state index in [9.17, 15) is 14.2 Å². The molecular formula is C16H30O5P+. The summed E-state index contributed by atoms with van der Waals surface area (Å²) in [7, 11) is -2.45. The van der Waals surface area contributed by atoms with E-state index in [1.54, 1.807) is 13.8 Å². The molecule has 0 radical (unpaired) electrons. The van der Waals surface area contributed by atoms with Crippen molar-refractivity contribution in [2.24, 2.45) is 0 Å². The standard InChI is InChI=1S/C16H30O5P/c1-5-7-9-11-15(17)13(3)20-22(19)21-14(4)16(18)12-10-8-6-2/h13-14H,5-12H2,1-4H3/q+1. The lowest BCUT2D eigenvalue weighted by Gasteiger charge is -2.06. The largest absolute Gasteiger partial charge is 0.698 e. The van der Waals surface area contributed by atoms with Crippen molar-refractivity contribution in [3.8, 4) is 0 Å². The van der Waals surface area contributed by atoms with Crippen LogP contribution in [0.1, 0.15) is 79.1 Å². The predicted octanol–water partition coefficient (Wildman–Crippen LogP) is 4.75. The summed E-state index contributed by atoms with van der Waals surface area (Å²) in [6, 6.07) is 0. The highest BCUT2D eigenvalue weighted by molar-refractivity contribution is 7.33. The molecule has 0 aliphatic heterocycles. The first-order valence-electron chi connectivity index (χ1n) is 8.28. The van der Waals surface area contributed by atoms with Crippen molar-refractivity contribution >= 4 is 19.8 Å². The third kappa shape index (κ3) is 10.1. The molecule has 0 heterocycles. The lowest BCUT2D eigenvalue weighted by Crippen LogP contribution is -2.21. The second kappa shape index (κ2) is 12.9. The Balaban J connectivity index is 4.04. The van der Waals surface area contributed by atoms with E-state index in [1.165, 1.54) is 0 Å². The van der Waals surface area contributed by atoms with Crippen LogP contribution in [0.4, 0.5) is 0 Å². The summed E-state index contributed by atoms with van der Waals surface area (Å²) < 4.78 is 21.9. The third-order valence-electron chi connectivity index (χ3n) is 3.45. The highest BCUT2D eigenvalue weighted by Gasteiger charge is 2.33. The molecule has 0 aromatic rings. The number of hydrogen-bond donors (Lipinski definition) is 0. The zero-order chi connectivity index (χ0) is 17.0. The summed E-state index contributed by atoms with van der Waals surface area (Å²) in [5.41, 5.74) is 0. The number of ketones is 2. The highest BCUT2D eigenvalue weighted by atomic mass is 31.1. The Morgan fingerprint density at radius 1 is 0.818 bits per heavy atom. The number of carbonyl (C=O) groups is 2. The molecule has 0 saturated carbocycles. The van der Waals surface area contributed by atoms with Crippen molar-refractivity contribution in [2.75, 3.05) is 0 Å². The Labute approximate surface area is 135 Å². The lowest BCUT2D eigenvalue weighted by molar-refractivity contribution is -0.126. The van der Waals surface area contributed by atoms with E-state index >= 15 is 0 Å². The van der Waals surface area contributed by atoms with E-state index in [0.29, 0.717) is 12.8 Å². The summed E-state index contributed by atoms with van der Waals surface area (Å²) in [6.45, 7) is 7.26. The molecule has 0 fully saturated rings. The SMILES string of the molecule is CCCCCC(=O)C(C)O[P+](=O)OC(C)C(=O)CCCCC. The molecule has 128 valence electrons. The summed E-state index contributed by atoms with van der Waals surface area (Å²) in [4.78, 5) is 23.5. The highest BCUT2D eigenvalue weighted by Crippen LogP contribution is 2.29. The van der Waals surface area contributed by atoms with Gasteiger partial charge >= 0.3 is 8.25 Å². The normalized spacial score (nSPS) is 14.5. The predicted molar refractivity (Wildman–Crippen MR) is 87.0 cm³/mol. The van der Waals surface area contributed by atoms with Crippen LogP contribution in [0, 0.1) is 0 Å². The van der Waals surface area contributed by atoms with Gasteiger partial charge in [-0.1, -0.05) is 39.5 Å². The van der Waals surface area contributed by atoms with Gasteiger partial charge in [-0.25, -0.2) is 0 Å². The fraction of sp³-hybridized carbons (Fsp3) is 0.875. The van der Waals surface area contributed by atoms with Gasteiger partial charge in [0.05, 0.1) is 0 Å². The zero-order valence-corrected chi connectivity index (χ0v) is 15.2. The molecule has 0 amide bonds. The van der Waals surface area contributed by atoms with Gasteiger partial charge in [-0.15, -0.1) is 9.05 Å². The van der Waals surface area contributed by atoms with E-state index in [2.05, 4.69) is 13.8 Å². The molecular weight excluding hydrogens is 303 g/mol. The Kier molecular flexibility index (Phi) is 12.5. The Morgan fingerprint density at radius 2 is 1.18 bits per heavy atom. The second-order valence-corrected chi connectivity index (χ2v) is 6.43. The van der Waals surface area contributed by atoms with Crippen LogP contribution in [0.5, 0.6) is 0 Å². The summed E-state index contributed by atoms with van der Waals surface area (Å²) in [5, 5.41) is 0. The van der Waals surface area contributed by atoms with Gasteiger partial charge in [0.2, 0.25) is 0 Å². The van der Waals surface area contributed by atoms with Crippen LogP contribution in [0.3, 0.4) is 0 Å². The number of carbonyl (C=O) groups excluding carboxylic acids is 2. The van der Waals surface area contributed by atoms with Crippen molar-refractivity contribution in [3.05, 3.63) is 0 Å². The maximum absolute atomic E-state index is 11.8. The fourth-order valence-corrected chi connectivity index (χ4v) is 2.71. The summed E-state index contributed by atoms with van der Waals surface area (Å²) in [5.74, 6) is -0.162. The number of rotatable bonds is 14. The fourth-order valence-electron chi connectivity index (χ4n) is 1.91. The molecule has 0 aliphatic rings. The van der Waals surface area contributed by atoms with Crippen LogP contribution in [0.25, 0.3) is 0 Å². The van der Waals surface area contributed by atoms with Crippen LogP contribution in [0.2, 0.25) is 0 Å². The van der Waals surface area contributed by atoms with Gasteiger partial charge in [0.1, 0.15) is 0 Å². The van der Waals surface area contributed by atoms with Crippen LogP contribution in [-0.4, -0.2) is 23.8 Å². The maximum atomic E-state index is 11.8. The molecule has 0 rings (SSSR count). The Bertz CT molecular complexity index is 324. The Morgan fingerprint density at radius 3 is 1.50 bits per heavy atom. The number of hydrogen-bond acceptors (Lipinski definition) is 5. The maximum Gasteiger partial charge on any atom is 0.698 e. The smallest absolute Gasteiger partial charge is 0.297 e. The first kappa shape index (κ1) is 21.4. The first-order valence-corrected chi connectivity index (χ1v) is 9.38. The van der Waals surface area contributed by atoms with Crippen LogP contribution >= 0.6 is 8.25 Å². The molecule has 0 spiro atoms. The van der Waals surface area contributed by atoms with E-state index < -0.39 is 20.5 Å². The minimum atomic E-state index is -2.45. The zero-order valence-electron chi connectivity index (χ0n) is 14.3. The van der Waals surface area contributed by atoms with Crippen molar-refractivity contribution in [1.29, 1.82) is 0 Å². The quantitative estimate of drug-likeness (QED) is 0.339. The van der Waals surface area contributed by atoms with Crippen LogP contribution in [-0.2, 0) is 23.2 Å². The van der Waals surface area contributed by atoms with Crippen molar-refractivity contribution in [1.82, 2.24) is 0 Å². The molecule has 5 nitrogen and oxygen atoms in total. The van der Waals surface area contributed by atoms with Gasteiger partial charge < -0.3 is 0 Å². The van der Waals surface area contributed by atoms with Crippen molar-refractivity contribution < 1.29 is 23.2 Å². The summed E-state index contributed by atoms with van der Waals surface area (Å²) >= 11 is 0. The van der Waals surface area contributed by atoms with Crippen molar-refractivity contribution in [3.63, 3.8) is 0 Å². The van der Waals surface area contributed by atoms with Crippen LogP contribution < -0.4 is 0 Å². The third-order valence-corrected chi connectivity index (χ3v) is 4.43. The molecule has 0 aliphatic carbocycles. The van der Waals surface area contributed by atoms with Gasteiger partial charge in [-0.2, -0.15) is 0 Å². The lowest BCUT2D eigenvalue weighted by atomic mass is 10.1. The molecule has 6 heteroatoms. The number of Topliss-reactive ketones (excluding diaryl/α,β-unsaturated/α-hetero) is 2. The molecule has 2 atom stereocenters. The van der Waals surface area contributed by atoms with Crippen LogP contribution in [0.15, 0.2) is 0 Å². The second-order valence-electron chi connectivity index (χ2n) is 5.57. The van der Waals surface area contributed by atoms with E-state index in [1.807, 2.05) is 0 Å². The topological polar surface area (TPSA) is 69.7 Å². The average Bonchev–Trinajstić information content (AvgIpc) is 2.47. The van der Waals surface area contributed by atoms with Gasteiger partial charge in [-0.05, 0) is 26.7 Å². The van der Waals surface area contributed by atoms with E-state index in [0.717, 1.165) is 38.5 Å². The molecule has 0 aromatic heterocycles. The van der Waals surface area contributed by atoms with E-state index in [4.69, 9.17) is 9.05 Å². The Hall–Kier alpha value is -0.640. The minimum absolute atomic E-state index is 0.0812. The summed E-state index contributed by atoms with van der Waals surface area (Å²) in [6.07, 6.45) is 5.00. The monoisotopic (exact) mass is 333 g/mol. The average molecular weight is 333 g/mol. The molecule has 0 saturated heterocycles. The molecule has 0 bridgehead atoms. The molecule has 0 N–H and O–H groups in total. The van der Waals surface area contributed by atoms with E-state index in [-0.39, 0.29) is 11.6 Å². The van der Waals surface area contributed by atoms with Gasteiger partial charge in [0.25, 0.3) is 0 Å². The van der Waals surface area contributed by atoms with Gasteiger partial charge in [0, 0.05) is 17.4 Å². The first-order chi connectivity index (χ1) is 10.4. The molecule has 22 heavy (non-hydrogen) atoms.